The van der Waals surface area contributed by atoms with Gasteiger partial charge in [0.2, 0.25) is 0 Å². The second kappa shape index (κ2) is 5.81. The maximum absolute atomic E-state index is 12.4. The molecule has 4 rings (SSSR count). The summed E-state index contributed by atoms with van der Waals surface area (Å²) >= 11 is 9.15. The summed E-state index contributed by atoms with van der Waals surface area (Å²) in [5.41, 5.74) is 2.10. The third-order valence-corrected chi connectivity index (χ3v) is 5.31. The molecule has 0 aliphatic heterocycles. The predicted octanol–water partition coefficient (Wildman–Crippen LogP) is 5.26. The van der Waals surface area contributed by atoms with E-state index >= 15 is 0 Å². The molecule has 1 aromatic carbocycles. The molecule has 0 bridgehead atoms. The van der Waals surface area contributed by atoms with E-state index in [1.54, 1.807) is 23.5 Å². The van der Waals surface area contributed by atoms with Gasteiger partial charge in [-0.05, 0) is 23.6 Å². The van der Waals surface area contributed by atoms with Crippen LogP contribution in [-0.2, 0) is 0 Å². The van der Waals surface area contributed by atoms with Gasteiger partial charge in [0.25, 0.3) is 5.91 Å². The monoisotopic (exact) mass is 359 g/mol. The highest BCUT2D eigenvalue weighted by molar-refractivity contribution is 7.16. The Kier molecular flexibility index (Phi) is 3.65. The second-order valence-electron chi connectivity index (χ2n) is 4.86. The molecule has 0 unspecified atom stereocenters. The van der Waals surface area contributed by atoms with Gasteiger partial charge in [-0.3, -0.25) is 10.1 Å². The van der Waals surface area contributed by atoms with Crippen molar-refractivity contribution >= 4 is 56.2 Å². The SMILES string of the molecule is O=C(Nc1nc(-c2cccs2)cs1)c1cc2cccc(Cl)c2[nH]1. The van der Waals surface area contributed by atoms with Crippen molar-refractivity contribution in [3.8, 4) is 10.6 Å². The number of benzene rings is 1. The topological polar surface area (TPSA) is 57.8 Å². The summed E-state index contributed by atoms with van der Waals surface area (Å²) in [5.74, 6) is -0.232. The molecule has 23 heavy (non-hydrogen) atoms. The fourth-order valence-corrected chi connectivity index (χ4v) is 3.97. The van der Waals surface area contributed by atoms with Gasteiger partial charge in [0.1, 0.15) is 5.69 Å². The fraction of sp³-hybridized carbons (Fsp3) is 0. The van der Waals surface area contributed by atoms with Crippen LogP contribution in [-0.4, -0.2) is 15.9 Å². The lowest BCUT2D eigenvalue weighted by Gasteiger charge is -1.98. The number of anilines is 1. The Balaban J connectivity index is 1.58. The summed E-state index contributed by atoms with van der Waals surface area (Å²) in [6.45, 7) is 0. The lowest BCUT2D eigenvalue weighted by atomic mass is 10.2. The van der Waals surface area contributed by atoms with E-state index in [2.05, 4.69) is 15.3 Å². The number of nitrogens with one attached hydrogen (secondary N) is 2. The van der Waals surface area contributed by atoms with Gasteiger partial charge in [-0.15, -0.1) is 22.7 Å². The Hall–Kier alpha value is -2.15. The van der Waals surface area contributed by atoms with Gasteiger partial charge in [0, 0.05) is 10.8 Å². The molecular weight excluding hydrogens is 350 g/mol. The molecule has 3 aromatic heterocycles. The van der Waals surface area contributed by atoms with Crippen molar-refractivity contribution in [1.29, 1.82) is 0 Å². The number of amides is 1. The van der Waals surface area contributed by atoms with Crippen molar-refractivity contribution in [3.05, 3.63) is 57.9 Å². The molecule has 7 heteroatoms. The molecule has 0 spiro atoms. The number of hydrogen-bond donors (Lipinski definition) is 2. The number of H-pyrrole nitrogens is 1. The normalized spacial score (nSPS) is 11.0. The minimum atomic E-state index is -0.232. The molecule has 4 nitrogen and oxygen atoms in total. The molecular formula is C16H10ClN3OS2. The van der Waals surface area contributed by atoms with E-state index < -0.39 is 0 Å². The number of rotatable bonds is 3. The highest BCUT2D eigenvalue weighted by Crippen LogP contribution is 2.29. The Bertz CT molecular complexity index is 988. The summed E-state index contributed by atoms with van der Waals surface area (Å²) in [7, 11) is 0. The second-order valence-corrected chi connectivity index (χ2v) is 7.07. The molecule has 0 aliphatic carbocycles. The number of thiazole rings is 1. The van der Waals surface area contributed by atoms with Crippen LogP contribution in [0.15, 0.2) is 47.2 Å². The smallest absolute Gasteiger partial charge is 0.273 e. The quantitative estimate of drug-likeness (QED) is 0.524. The number of aromatic nitrogens is 2. The predicted molar refractivity (Wildman–Crippen MR) is 96.7 cm³/mol. The molecule has 0 radical (unpaired) electrons. The van der Waals surface area contributed by atoms with Gasteiger partial charge in [0.15, 0.2) is 5.13 Å². The number of aromatic amines is 1. The van der Waals surface area contributed by atoms with Crippen molar-refractivity contribution < 1.29 is 4.79 Å². The Labute approximate surface area is 144 Å². The minimum Gasteiger partial charge on any atom is -0.349 e. The molecule has 2 N–H and O–H groups in total. The molecule has 1 amide bonds. The average molecular weight is 360 g/mol. The van der Waals surface area contributed by atoms with Crippen molar-refractivity contribution in [1.82, 2.24) is 9.97 Å². The number of halogens is 1. The summed E-state index contributed by atoms with van der Waals surface area (Å²) < 4.78 is 0. The van der Waals surface area contributed by atoms with Crippen molar-refractivity contribution in [2.45, 2.75) is 0 Å². The number of hydrogen-bond acceptors (Lipinski definition) is 4. The van der Waals surface area contributed by atoms with Crippen molar-refractivity contribution in [3.63, 3.8) is 0 Å². The van der Waals surface area contributed by atoms with Gasteiger partial charge in [-0.25, -0.2) is 4.98 Å². The number of carbonyl (C=O) groups is 1. The van der Waals surface area contributed by atoms with Crippen LogP contribution in [0.4, 0.5) is 5.13 Å². The molecule has 4 aromatic rings. The molecule has 114 valence electrons. The third kappa shape index (κ3) is 2.76. The lowest BCUT2D eigenvalue weighted by molar-refractivity contribution is 0.102. The van der Waals surface area contributed by atoms with Gasteiger partial charge >= 0.3 is 0 Å². The first kappa shape index (κ1) is 14.4. The van der Waals surface area contributed by atoms with Crippen molar-refractivity contribution in [2.24, 2.45) is 0 Å². The van der Waals surface area contributed by atoms with E-state index in [1.165, 1.54) is 11.3 Å². The van der Waals surface area contributed by atoms with Crippen LogP contribution in [0.5, 0.6) is 0 Å². The Morgan fingerprint density at radius 3 is 2.91 bits per heavy atom. The highest BCUT2D eigenvalue weighted by Gasteiger charge is 2.13. The van der Waals surface area contributed by atoms with E-state index in [1.807, 2.05) is 35.0 Å². The fourth-order valence-electron chi connectivity index (χ4n) is 2.27. The number of thiophene rings is 1. The molecule has 0 saturated heterocycles. The van der Waals surface area contributed by atoms with Crippen LogP contribution in [0.2, 0.25) is 5.02 Å². The molecule has 0 aliphatic rings. The van der Waals surface area contributed by atoms with E-state index in [0.717, 1.165) is 21.5 Å². The lowest BCUT2D eigenvalue weighted by Crippen LogP contribution is -2.11. The van der Waals surface area contributed by atoms with Crippen LogP contribution < -0.4 is 5.32 Å². The van der Waals surface area contributed by atoms with Gasteiger partial charge in [-0.1, -0.05) is 29.8 Å². The van der Waals surface area contributed by atoms with E-state index in [9.17, 15) is 4.79 Å². The number of para-hydroxylation sites is 1. The number of nitrogens with zero attached hydrogens (tertiary/aromatic N) is 1. The maximum atomic E-state index is 12.4. The number of fused-ring (bicyclic) bond motifs is 1. The van der Waals surface area contributed by atoms with Crippen LogP contribution in [0.3, 0.4) is 0 Å². The molecule has 0 atom stereocenters. The van der Waals surface area contributed by atoms with Crippen molar-refractivity contribution in [2.75, 3.05) is 5.32 Å². The van der Waals surface area contributed by atoms with Crippen LogP contribution in [0.25, 0.3) is 21.5 Å². The Morgan fingerprint density at radius 2 is 2.13 bits per heavy atom. The first-order chi connectivity index (χ1) is 11.2. The average Bonchev–Trinajstić information content (AvgIpc) is 3.27. The zero-order valence-electron chi connectivity index (χ0n) is 11.7. The standard InChI is InChI=1S/C16H10ClN3OS2/c17-10-4-1-3-9-7-11(18-14(9)10)15(21)20-16-19-12(8-23-16)13-5-2-6-22-13/h1-8,18H,(H,19,20,21). The summed E-state index contributed by atoms with van der Waals surface area (Å²) in [6, 6.07) is 11.3. The maximum Gasteiger partial charge on any atom is 0.273 e. The third-order valence-electron chi connectivity index (χ3n) is 3.35. The number of carbonyl (C=O) groups excluding carboxylic acids is 1. The first-order valence-electron chi connectivity index (χ1n) is 6.79. The first-order valence-corrected chi connectivity index (χ1v) is 8.92. The summed E-state index contributed by atoms with van der Waals surface area (Å²) in [4.78, 5) is 21.0. The van der Waals surface area contributed by atoms with Crippen LogP contribution in [0, 0.1) is 0 Å². The molecule has 0 fully saturated rings. The van der Waals surface area contributed by atoms with E-state index in [4.69, 9.17) is 11.6 Å². The van der Waals surface area contributed by atoms with E-state index in [-0.39, 0.29) is 5.91 Å². The minimum absolute atomic E-state index is 0.232. The summed E-state index contributed by atoms with van der Waals surface area (Å²) in [6.07, 6.45) is 0. The largest absolute Gasteiger partial charge is 0.349 e. The van der Waals surface area contributed by atoms with Gasteiger partial charge < -0.3 is 4.98 Å². The molecule has 3 heterocycles. The summed E-state index contributed by atoms with van der Waals surface area (Å²) in [5, 5.41) is 8.82. The Morgan fingerprint density at radius 1 is 1.22 bits per heavy atom. The van der Waals surface area contributed by atoms with Gasteiger partial charge in [0.05, 0.1) is 21.1 Å². The molecule has 0 saturated carbocycles. The van der Waals surface area contributed by atoms with E-state index in [0.29, 0.717) is 15.8 Å². The van der Waals surface area contributed by atoms with Gasteiger partial charge in [-0.2, -0.15) is 0 Å². The zero-order valence-corrected chi connectivity index (χ0v) is 14.1. The highest BCUT2D eigenvalue weighted by atomic mass is 35.5. The van der Waals surface area contributed by atoms with Crippen LogP contribution in [0.1, 0.15) is 10.5 Å². The zero-order chi connectivity index (χ0) is 15.8. The van der Waals surface area contributed by atoms with Crippen LogP contribution >= 0.6 is 34.3 Å².